The summed E-state index contributed by atoms with van der Waals surface area (Å²) >= 11 is 0. The molecule has 3 heteroatoms. The van der Waals surface area contributed by atoms with Crippen molar-refractivity contribution >= 4 is 0 Å². The van der Waals surface area contributed by atoms with E-state index in [1.165, 1.54) is 0 Å². The van der Waals surface area contributed by atoms with Crippen LogP contribution in [0, 0.1) is 0 Å². The molecule has 0 aromatic heterocycles. The van der Waals surface area contributed by atoms with Gasteiger partial charge in [-0.05, 0) is 39.8 Å². The Labute approximate surface area is 79.8 Å². The van der Waals surface area contributed by atoms with Crippen LogP contribution in [0.5, 0.6) is 0 Å². The van der Waals surface area contributed by atoms with Crippen molar-refractivity contribution in [1.29, 1.82) is 0 Å². The largest absolute Gasteiger partial charge is 0.375 e. The minimum Gasteiger partial charge on any atom is -0.375 e. The van der Waals surface area contributed by atoms with Crippen LogP contribution in [0.2, 0.25) is 0 Å². The zero-order valence-corrected chi connectivity index (χ0v) is 8.56. The molecule has 0 radical (unpaired) electrons. The maximum atomic E-state index is 6.14. The van der Waals surface area contributed by atoms with E-state index >= 15 is 0 Å². The molecule has 0 amide bonds. The molecule has 13 heavy (non-hydrogen) atoms. The van der Waals surface area contributed by atoms with E-state index in [0.717, 1.165) is 39.1 Å². The van der Waals surface area contributed by atoms with Crippen molar-refractivity contribution in [3.05, 3.63) is 0 Å². The average molecular weight is 185 g/mol. The Hall–Kier alpha value is -0.120. The first-order chi connectivity index (χ1) is 6.12. The van der Waals surface area contributed by atoms with E-state index in [1.54, 1.807) is 0 Å². The molecule has 3 nitrogen and oxygen atoms in total. The Kier molecular flexibility index (Phi) is 2.34. The van der Waals surface area contributed by atoms with E-state index in [4.69, 9.17) is 9.47 Å². The summed E-state index contributed by atoms with van der Waals surface area (Å²) in [6.45, 7) is 8.04. The Bertz CT molecular complexity index is 183. The van der Waals surface area contributed by atoms with Crippen molar-refractivity contribution in [2.75, 3.05) is 26.3 Å². The summed E-state index contributed by atoms with van der Waals surface area (Å²) < 4.78 is 11.3. The topological polar surface area (TPSA) is 30.5 Å². The Morgan fingerprint density at radius 3 is 2.15 bits per heavy atom. The van der Waals surface area contributed by atoms with Gasteiger partial charge in [0.15, 0.2) is 0 Å². The molecule has 0 atom stereocenters. The van der Waals surface area contributed by atoms with Crippen LogP contribution in [0.3, 0.4) is 0 Å². The lowest BCUT2D eigenvalue weighted by Crippen LogP contribution is -2.56. The summed E-state index contributed by atoms with van der Waals surface area (Å²) in [5.74, 6) is 0. The van der Waals surface area contributed by atoms with Gasteiger partial charge in [0.05, 0.1) is 18.8 Å². The maximum Gasteiger partial charge on any atom is 0.113 e. The van der Waals surface area contributed by atoms with E-state index in [-0.39, 0.29) is 11.2 Å². The van der Waals surface area contributed by atoms with Crippen molar-refractivity contribution in [2.45, 2.75) is 37.9 Å². The molecule has 2 saturated heterocycles. The van der Waals surface area contributed by atoms with E-state index in [1.807, 2.05) is 0 Å². The summed E-state index contributed by atoms with van der Waals surface area (Å²) in [5, 5.41) is 3.35. The highest BCUT2D eigenvalue weighted by molar-refractivity contribution is 4.90. The smallest absolute Gasteiger partial charge is 0.113 e. The van der Waals surface area contributed by atoms with E-state index in [2.05, 4.69) is 19.2 Å². The SMILES string of the molecule is CC1(OC2(C)COC2)CCNCC1. The van der Waals surface area contributed by atoms with Gasteiger partial charge in [-0.2, -0.15) is 0 Å². The van der Waals surface area contributed by atoms with Crippen molar-refractivity contribution in [3.8, 4) is 0 Å². The molecule has 2 aliphatic heterocycles. The molecule has 76 valence electrons. The molecule has 0 bridgehead atoms. The highest BCUT2D eigenvalue weighted by Crippen LogP contribution is 2.32. The van der Waals surface area contributed by atoms with E-state index < -0.39 is 0 Å². The fourth-order valence-electron chi connectivity index (χ4n) is 2.10. The second kappa shape index (κ2) is 3.23. The monoisotopic (exact) mass is 185 g/mol. The van der Waals surface area contributed by atoms with Gasteiger partial charge >= 0.3 is 0 Å². The highest BCUT2D eigenvalue weighted by Gasteiger charge is 2.41. The Morgan fingerprint density at radius 2 is 1.69 bits per heavy atom. The van der Waals surface area contributed by atoms with Crippen LogP contribution >= 0.6 is 0 Å². The summed E-state index contributed by atoms with van der Waals surface area (Å²) in [4.78, 5) is 0. The summed E-state index contributed by atoms with van der Waals surface area (Å²) in [6, 6.07) is 0. The number of piperidine rings is 1. The first kappa shape index (κ1) is 9.44. The summed E-state index contributed by atoms with van der Waals surface area (Å²) in [5.41, 5.74) is 0.0653. The van der Waals surface area contributed by atoms with Crippen LogP contribution in [0.1, 0.15) is 26.7 Å². The first-order valence-electron chi connectivity index (χ1n) is 5.11. The van der Waals surface area contributed by atoms with Gasteiger partial charge < -0.3 is 14.8 Å². The van der Waals surface area contributed by atoms with Gasteiger partial charge in [-0.1, -0.05) is 0 Å². The maximum absolute atomic E-state index is 6.14. The Morgan fingerprint density at radius 1 is 1.08 bits per heavy atom. The third-order valence-corrected chi connectivity index (χ3v) is 2.97. The fourth-order valence-corrected chi connectivity index (χ4v) is 2.10. The second-order valence-corrected chi connectivity index (χ2v) is 4.74. The van der Waals surface area contributed by atoms with Crippen LogP contribution in [0.4, 0.5) is 0 Å². The van der Waals surface area contributed by atoms with Gasteiger partial charge in [-0.15, -0.1) is 0 Å². The van der Waals surface area contributed by atoms with Crippen LogP contribution < -0.4 is 5.32 Å². The standard InChI is InChI=1S/C10H19NO2/c1-9(3-5-11-6-4-9)13-10(2)7-12-8-10/h11H,3-8H2,1-2H3. The van der Waals surface area contributed by atoms with Gasteiger partial charge in [-0.25, -0.2) is 0 Å². The van der Waals surface area contributed by atoms with E-state index in [0.29, 0.717) is 0 Å². The molecule has 0 aromatic rings. The lowest BCUT2D eigenvalue weighted by molar-refractivity contribution is -0.253. The quantitative estimate of drug-likeness (QED) is 0.694. The van der Waals surface area contributed by atoms with Crippen LogP contribution in [-0.2, 0) is 9.47 Å². The minimum atomic E-state index is -0.00785. The fraction of sp³-hybridized carbons (Fsp3) is 1.00. The van der Waals surface area contributed by atoms with Gasteiger partial charge in [0.25, 0.3) is 0 Å². The number of hydrogen-bond acceptors (Lipinski definition) is 3. The predicted molar refractivity (Wildman–Crippen MR) is 50.8 cm³/mol. The normalized spacial score (nSPS) is 30.9. The predicted octanol–water partition coefficient (Wildman–Crippen LogP) is 0.934. The molecule has 0 unspecified atom stereocenters. The Balaban J connectivity index is 1.90. The van der Waals surface area contributed by atoms with Crippen LogP contribution in [0.15, 0.2) is 0 Å². The third kappa shape index (κ3) is 2.03. The molecule has 0 aromatic carbocycles. The first-order valence-corrected chi connectivity index (χ1v) is 5.11. The molecule has 0 aliphatic carbocycles. The number of ether oxygens (including phenoxy) is 2. The van der Waals surface area contributed by atoms with Crippen molar-refractivity contribution in [2.24, 2.45) is 0 Å². The molecule has 2 heterocycles. The molecular weight excluding hydrogens is 166 g/mol. The molecule has 0 saturated carbocycles. The summed E-state index contributed by atoms with van der Waals surface area (Å²) in [6.07, 6.45) is 2.23. The van der Waals surface area contributed by atoms with Crippen molar-refractivity contribution < 1.29 is 9.47 Å². The molecule has 0 spiro atoms. The van der Waals surface area contributed by atoms with Gasteiger partial charge in [0.2, 0.25) is 0 Å². The highest BCUT2D eigenvalue weighted by atomic mass is 16.6. The van der Waals surface area contributed by atoms with Crippen LogP contribution in [-0.4, -0.2) is 37.5 Å². The van der Waals surface area contributed by atoms with E-state index in [9.17, 15) is 0 Å². The lowest BCUT2D eigenvalue weighted by Gasteiger charge is -2.46. The van der Waals surface area contributed by atoms with Crippen molar-refractivity contribution in [3.63, 3.8) is 0 Å². The number of rotatable bonds is 2. The van der Waals surface area contributed by atoms with Crippen LogP contribution in [0.25, 0.3) is 0 Å². The molecular formula is C10H19NO2. The summed E-state index contributed by atoms with van der Waals surface area (Å²) in [7, 11) is 0. The second-order valence-electron chi connectivity index (χ2n) is 4.74. The zero-order valence-electron chi connectivity index (χ0n) is 8.56. The molecule has 2 rings (SSSR count). The number of hydrogen-bond donors (Lipinski definition) is 1. The van der Waals surface area contributed by atoms with Gasteiger partial charge in [0.1, 0.15) is 5.60 Å². The molecule has 2 aliphatic rings. The lowest BCUT2D eigenvalue weighted by atomic mass is 9.92. The van der Waals surface area contributed by atoms with Gasteiger partial charge in [0, 0.05) is 0 Å². The number of nitrogens with one attached hydrogen (secondary N) is 1. The zero-order chi connectivity index (χ0) is 9.36. The minimum absolute atomic E-state index is 0.00785. The molecule has 1 N–H and O–H groups in total. The molecule has 2 fully saturated rings. The van der Waals surface area contributed by atoms with Gasteiger partial charge in [-0.3, -0.25) is 0 Å². The van der Waals surface area contributed by atoms with Crippen molar-refractivity contribution in [1.82, 2.24) is 5.32 Å². The average Bonchev–Trinajstić information content (AvgIpc) is 2.02. The third-order valence-electron chi connectivity index (χ3n) is 2.97.